The Morgan fingerprint density at radius 2 is 1.38 bits per heavy atom. The molecule has 4 N–H and O–H groups in total. The van der Waals surface area contributed by atoms with Crippen molar-refractivity contribution in [3.8, 4) is 0 Å². The first-order valence-electron chi connectivity index (χ1n) is 5.02. The Balaban J connectivity index is 2.18. The topological polar surface area (TPSA) is 52.0 Å². The summed E-state index contributed by atoms with van der Waals surface area (Å²) in [5.74, 6) is 2.23. The first-order chi connectivity index (χ1) is 6.38. The molecule has 2 nitrogen and oxygen atoms in total. The van der Waals surface area contributed by atoms with E-state index >= 15 is 0 Å². The minimum Gasteiger partial charge on any atom is -0.330 e. The van der Waals surface area contributed by atoms with Crippen molar-refractivity contribution in [3.63, 3.8) is 0 Å². The number of hydrogen-bond donors (Lipinski definition) is 2. The van der Waals surface area contributed by atoms with Crippen LogP contribution in [-0.2, 0) is 0 Å². The highest BCUT2D eigenvalue weighted by molar-refractivity contribution is 8.03. The van der Waals surface area contributed by atoms with Crippen molar-refractivity contribution in [2.24, 2.45) is 11.5 Å². The van der Waals surface area contributed by atoms with E-state index in [0.717, 1.165) is 35.1 Å². The Morgan fingerprint density at radius 3 is 1.77 bits per heavy atom. The zero-order chi connectivity index (χ0) is 9.52. The van der Waals surface area contributed by atoms with Crippen LogP contribution in [0, 0.1) is 0 Å². The van der Waals surface area contributed by atoms with Crippen molar-refractivity contribution in [3.05, 3.63) is 0 Å². The van der Waals surface area contributed by atoms with Crippen molar-refractivity contribution >= 4 is 23.5 Å². The predicted octanol–water partition coefficient (Wildman–Crippen LogP) is 1.29. The highest BCUT2D eigenvalue weighted by Gasteiger charge is 2.27. The van der Waals surface area contributed by atoms with E-state index in [9.17, 15) is 0 Å². The standard InChI is InChI=1S/C9H20N2S2/c10-4-6-12-8-2-1-3-9(8)13-7-5-11/h8-9H,1-7,10-11H2. The molecule has 0 aromatic heterocycles. The molecule has 1 rings (SSSR count). The van der Waals surface area contributed by atoms with Crippen LogP contribution in [0.15, 0.2) is 0 Å². The summed E-state index contributed by atoms with van der Waals surface area (Å²) in [7, 11) is 0. The zero-order valence-electron chi connectivity index (χ0n) is 8.08. The van der Waals surface area contributed by atoms with E-state index in [1.54, 1.807) is 0 Å². The van der Waals surface area contributed by atoms with Crippen LogP contribution in [0.3, 0.4) is 0 Å². The zero-order valence-corrected chi connectivity index (χ0v) is 9.71. The largest absolute Gasteiger partial charge is 0.330 e. The molecule has 0 heterocycles. The van der Waals surface area contributed by atoms with Gasteiger partial charge in [-0.15, -0.1) is 0 Å². The van der Waals surface area contributed by atoms with Gasteiger partial charge < -0.3 is 11.5 Å². The smallest absolute Gasteiger partial charge is 0.0167 e. The van der Waals surface area contributed by atoms with Crippen LogP contribution in [-0.4, -0.2) is 35.1 Å². The van der Waals surface area contributed by atoms with Crippen molar-refractivity contribution in [1.82, 2.24) is 0 Å². The highest BCUT2D eigenvalue weighted by atomic mass is 32.2. The minimum atomic E-state index is 0.815. The van der Waals surface area contributed by atoms with Crippen LogP contribution >= 0.6 is 23.5 Å². The first kappa shape index (κ1) is 11.7. The maximum absolute atomic E-state index is 5.50. The van der Waals surface area contributed by atoms with Crippen LogP contribution in [0.5, 0.6) is 0 Å². The maximum Gasteiger partial charge on any atom is 0.0167 e. The second-order valence-corrected chi connectivity index (χ2v) is 6.02. The summed E-state index contributed by atoms with van der Waals surface area (Å²) >= 11 is 4.11. The molecule has 13 heavy (non-hydrogen) atoms. The molecule has 0 aromatic rings. The van der Waals surface area contributed by atoms with Gasteiger partial charge in [0.1, 0.15) is 0 Å². The van der Waals surface area contributed by atoms with E-state index in [4.69, 9.17) is 11.5 Å². The van der Waals surface area contributed by atoms with Crippen molar-refractivity contribution in [2.75, 3.05) is 24.6 Å². The van der Waals surface area contributed by atoms with E-state index in [0.29, 0.717) is 0 Å². The number of thioether (sulfide) groups is 2. The lowest BCUT2D eigenvalue weighted by Crippen LogP contribution is -2.17. The van der Waals surface area contributed by atoms with E-state index in [2.05, 4.69) is 23.5 Å². The lowest BCUT2D eigenvalue weighted by Gasteiger charge is -2.17. The van der Waals surface area contributed by atoms with Gasteiger partial charge in [-0.25, -0.2) is 0 Å². The Bertz CT molecular complexity index is 119. The van der Waals surface area contributed by atoms with Crippen LogP contribution in [0.25, 0.3) is 0 Å². The van der Waals surface area contributed by atoms with E-state index in [1.165, 1.54) is 19.3 Å². The Labute approximate surface area is 89.6 Å². The van der Waals surface area contributed by atoms with Crippen molar-refractivity contribution < 1.29 is 0 Å². The quantitative estimate of drug-likeness (QED) is 0.708. The fourth-order valence-corrected chi connectivity index (χ4v) is 4.43. The summed E-state index contributed by atoms with van der Waals surface area (Å²) in [4.78, 5) is 0. The molecule has 0 radical (unpaired) electrons. The van der Waals surface area contributed by atoms with Crippen molar-refractivity contribution in [1.29, 1.82) is 0 Å². The average molecular weight is 220 g/mol. The van der Waals surface area contributed by atoms with Gasteiger partial charge in [-0.05, 0) is 12.8 Å². The average Bonchev–Trinajstić information content (AvgIpc) is 2.59. The number of rotatable bonds is 6. The summed E-state index contributed by atoms with van der Waals surface area (Å²) in [5, 5.41) is 1.69. The first-order valence-corrected chi connectivity index (χ1v) is 7.11. The summed E-state index contributed by atoms with van der Waals surface area (Å²) in [6.07, 6.45) is 4.16. The Hall–Kier alpha value is 0.620. The van der Waals surface area contributed by atoms with Gasteiger partial charge in [-0.2, -0.15) is 23.5 Å². The molecule has 0 bridgehead atoms. The minimum absolute atomic E-state index is 0.815. The van der Waals surface area contributed by atoms with Gasteiger partial charge in [-0.3, -0.25) is 0 Å². The highest BCUT2D eigenvalue weighted by Crippen LogP contribution is 2.37. The molecule has 4 heteroatoms. The molecule has 1 aliphatic carbocycles. The van der Waals surface area contributed by atoms with Crippen LogP contribution in [0.4, 0.5) is 0 Å². The van der Waals surface area contributed by atoms with Gasteiger partial charge in [0, 0.05) is 35.1 Å². The molecule has 0 spiro atoms. The summed E-state index contributed by atoms with van der Waals surface area (Å²) in [6, 6.07) is 0. The molecule has 2 atom stereocenters. The summed E-state index contributed by atoms with van der Waals surface area (Å²) < 4.78 is 0. The third-order valence-electron chi connectivity index (χ3n) is 2.29. The molecule has 1 fully saturated rings. The molecule has 78 valence electrons. The van der Waals surface area contributed by atoms with Gasteiger partial charge in [0.25, 0.3) is 0 Å². The second-order valence-electron chi connectivity index (χ2n) is 3.33. The summed E-state index contributed by atoms with van der Waals surface area (Å²) in [6.45, 7) is 1.63. The van der Waals surface area contributed by atoms with Crippen LogP contribution < -0.4 is 11.5 Å². The molecule has 1 saturated carbocycles. The molecule has 0 saturated heterocycles. The molecule has 1 aliphatic rings. The van der Waals surface area contributed by atoms with Crippen molar-refractivity contribution in [2.45, 2.75) is 29.8 Å². The molecule has 0 aliphatic heterocycles. The molecular weight excluding hydrogens is 200 g/mol. The van der Waals surface area contributed by atoms with Gasteiger partial charge in [0.05, 0.1) is 0 Å². The van der Waals surface area contributed by atoms with Gasteiger partial charge in [0.2, 0.25) is 0 Å². The molecular formula is C9H20N2S2. The third kappa shape index (κ3) is 4.11. The Morgan fingerprint density at radius 1 is 0.923 bits per heavy atom. The normalized spacial score (nSPS) is 28.2. The van der Waals surface area contributed by atoms with Gasteiger partial charge in [0.15, 0.2) is 0 Å². The monoisotopic (exact) mass is 220 g/mol. The molecule has 0 amide bonds. The third-order valence-corrected chi connectivity index (χ3v) is 5.39. The maximum atomic E-state index is 5.50. The summed E-state index contributed by atoms with van der Waals surface area (Å²) in [5.41, 5.74) is 11.0. The van der Waals surface area contributed by atoms with Gasteiger partial charge in [-0.1, -0.05) is 6.42 Å². The number of hydrogen-bond acceptors (Lipinski definition) is 4. The molecule has 0 aromatic carbocycles. The lowest BCUT2D eigenvalue weighted by molar-refractivity contribution is 0.890. The fraction of sp³-hybridized carbons (Fsp3) is 1.00. The van der Waals surface area contributed by atoms with Gasteiger partial charge >= 0.3 is 0 Å². The fourth-order valence-electron chi connectivity index (χ4n) is 1.71. The van der Waals surface area contributed by atoms with E-state index in [1.807, 2.05) is 0 Å². The molecule has 2 unspecified atom stereocenters. The SMILES string of the molecule is NCCSC1CCCC1SCCN. The number of nitrogens with two attached hydrogens (primary N) is 2. The van der Waals surface area contributed by atoms with E-state index < -0.39 is 0 Å². The Kier molecular flexibility index (Phi) is 6.28. The lowest BCUT2D eigenvalue weighted by atomic mass is 10.4. The van der Waals surface area contributed by atoms with Crippen LogP contribution in [0.1, 0.15) is 19.3 Å². The predicted molar refractivity (Wildman–Crippen MR) is 64.5 cm³/mol. The van der Waals surface area contributed by atoms with Crippen LogP contribution in [0.2, 0.25) is 0 Å². The van der Waals surface area contributed by atoms with E-state index in [-0.39, 0.29) is 0 Å². The second kappa shape index (κ2) is 6.98.